The predicted octanol–water partition coefficient (Wildman–Crippen LogP) is 7.09. The largest absolute Gasteiger partial charge is 0.493 e. The van der Waals surface area contributed by atoms with Crippen molar-refractivity contribution in [3.63, 3.8) is 0 Å². The highest BCUT2D eigenvalue weighted by Gasteiger charge is 2.33. The number of anilines is 1. The molecule has 0 bridgehead atoms. The van der Waals surface area contributed by atoms with Gasteiger partial charge in [0, 0.05) is 55.0 Å². The van der Waals surface area contributed by atoms with Crippen LogP contribution in [-0.4, -0.2) is 77.8 Å². The van der Waals surface area contributed by atoms with Gasteiger partial charge < -0.3 is 34.3 Å². The third-order valence-corrected chi connectivity index (χ3v) is 9.72. The standard InChI is InChI=1S/C40H57N3O6/c1-9-29(28(5)20-31-25-47-26-49-31)21-37-35-23-38(45-7)40(46-8)32(10-2)34(35)22-30(41-6)24-43(37)18-19-48-39(44)17-16-27(4)33-14-12-13-15-36(33)42-11-3/h12-17,20,23,27,30,37,41-42H,9-11,18-19,21-22,24-26H2,1-8H3. The number of hydrogen-bond donors (Lipinski definition) is 2. The van der Waals surface area contributed by atoms with Gasteiger partial charge >= 0.3 is 5.97 Å². The summed E-state index contributed by atoms with van der Waals surface area (Å²) in [6.07, 6.45) is 8.99. The lowest BCUT2D eigenvalue weighted by atomic mass is 9.86. The average molecular weight is 676 g/mol. The molecule has 268 valence electrons. The van der Waals surface area contributed by atoms with Gasteiger partial charge in [-0.05, 0) is 87.1 Å². The smallest absolute Gasteiger partial charge is 0.330 e. The van der Waals surface area contributed by atoms with Crippen molar-refractivity contribution in [1.29, 1.82) is 0 Å². The fourth-order valence-electron chi connectivity index (χ4n) is 7.07. The van der Waals surface area contributed by atoms with E-state index in [1.165, 1.54) is 27.8 Å². The Balaban J connectivity index is 1.63. The van der Waals surface area contributed by atoms with Gasteiger partial charge in [0.05, 0.1) is 14.2 Å². The molecular weight excluding hydrogens is 618 g/mol. The van der Waals surface area contributed by atoms with Crippen molar-refractivity contribution in [2.24, 2.45) is 0 Å². The number of likely N-dealkylation sites (N-methyl/N-ethyl adjacent to an activating group) is 1. The number of ether oxygens (including phenoxy) is 5. The molecule has 9 heteroatoms. The topological polar surface area (TPSA) is 90.5 Å². The molecule has 1 saturated heterocycles. The first-order chi connectivity index (χ1) is 23.8. The molecule has 9 nitrogen and oxygen atoms in total. The Bertz CT molecular complexity index is 1490. The highest BCUT2D eigenvalue weighted by atomic mass is 16.7. The lowest BCUT2D eigenvalue weighted by molar-refractivity contribution is -0.138. The highest BCUT2D eigenvalue weighted by molar-refractivity contribution is 5.82. The second-order valence-electron chi connectivity index (χ2n) is 12.7. The van der Waals surface area contributed by atoms with Crippen LogP contribution in [0, 0.1) is 0 Å². The third kappa shape index (κ3) is 9.68. The first-order valence-electron chi connectivity index (χ1n) is 17.7. The van der Waals surface area contributed by atoms with E-state index in [4.69, 9.17) is 23.7 Å². The molecule has 0 aliphatic carbocycles. The Morgan fingerprint density at radius 1 is 1.16 bits per heavy atom. The van der Waals surface area contributed by atoms with Crippen LogP contribution in [-0.2, 0) is 31.8 Å². The predicted molar refractivity (Wildman–Crippen MR) is 197 cm³/mol. The summed E-state index contributed by atoms with van der Waals surface area (Å²) in [5.41, 5.74) is 8.48. The van der Waals surface area contributed by atoms with Crippen molar-refractivity contribution >= 4 is 11.7 Å². The minimum absolute atomic E-state index is 0.0272. The number of methoxy groups -OCH3 is 2. The van der Waals surface area contributed by atoms with Crippen LogP contribution in [0.5, 0.6) is 11.5 Å². The van der Waals surface area contributed by atoms with Crippen molar-refractivity contribution < 1.29 is 28.5 Å². The molecule has 3 atom stereocenters. The molecule has 1 fully saturated rings. The summed E-state index contributed by atoms with van der Waals surface area (Å²) >= 11 is 0. The number of esters is 1. The molecule has 2 aromatic carbocycles. The van der Waals surface area contributed by atoms with Crippen LogP contribution in [0.15, 0.2) is 65.5 Å². The Kier molecular flexibility index (Phi) is 14.6. The number of rotatable bonds is 16. The van der Waals surface area contributed by atoms with Gasteiger partial charge in [-0.25, -0.2) is 4.79 Å². The Morgan fingerprint density at radius 3 is 2.61 bits per heavy atom. The van der Waals surface area contributed by atoms with Crippen molar-refractivity contribution in [1.82, 2.24) is 10.2 Å². The second kappa shape index (κ2) is 18.8. The number of carbonyl (C=O) groups excluding carboxylic acids is 1. The maximum Gasteiger partial charge on any atom is 0.330 e. The number of nitrogens with zero attached hydrogens (tertiary/aromatic N) is 1. The van der Waals surface area contributed by atoms with Gasteiger partial charge in [-0.2, -0.15) is 0 Å². The van der Waals surface area contributed by atoms with Gasteiger partial charge in [-0.3, -0.25) is 4.90 Å². The summed E-state index contributed by atoms with van der Waals surface area (Å²) < 4.78 is 28.8. The van der Waals surface area contributed by atoms with E-state index < -0.39 is 0 Å². The van der Waals surface area contributed by atoms with E-state index in [0.717, 1.165) is 67.3 Å². The number of benzene rings is 2. The fraction of sp³-hybridized carbons (Fsp3) is 0.525. The molecule has 49 heavy (non-hydrogen) atoms. The van der Waals surface area contributed by atoms with Gasteiger partial charge in [0.1, 0.15) is 19.0 Å². The van der Waals surface area contributed by atoms with Gasteiger partial charge in [-0.1, -0.05) is 50.6 Å². The van der Waals surface area contributed by atoms with Crippen LogP contribution in [0.25, 0.3) is 0 Å². The summed E-state index contributed by atoms with van der Waals surface area (Å²) in [5.74, 6) is 2.13. The maximum atomic E-state index is 13.0. The molecule has 2 heterocycles. The minimum Gasteiger partial charge on any atom is -0.493 e. The molecule has 0 radical (unpaired) electrons. The van der Waals surface area contributed by atoms with Crippen LogP contribution in [0.4, 0.5) is 5.69 Å². The maximum absolute atomic E-state index is 13.0. The molecule has 2 aromatic rings. The Labute approximate surface area is 293 Å². The summed E-state index contributed by atoms with van der Waals surface area (Å²) in [7, 11) is 5.44. The van der Waals surface area contributed by atoms with Crippen molar-refractivity contribution in [2.45, 2.75) is 78.3 Å². The fourth-order valence-corrected chi connectivity index (χ4v) is 7.07. The average Bonchev–Trinajstić information content (AvgIpc) is 3.58. The van der Waals surface area contributed by atoms with E-state index in [2.05, 4.69) is 74.4 Å². The molecule has 2 N–H and O–H groups in total. The molecule has 0 amide bonds. The zero-order valence-corrected chi connectivity index (χ0v) is 30.8. The summed E-state index contributed by atoms with van der Waals surface area (Å²) in [4.78, 5) is 15.5. The first-order valence-corrected chi connectivity index (χ1v) is 17.7. The van der Waals surface area contributed by atoms with Crippen LogP contribution < -0.4 is 20.1 Å². The van der Waals surface area contributed by atoms with E-state index >= 15 is 0 Å². The highest BCUT2D eigenvalue weighted by Crippen LogP contribution is 2.44. The van der Waals surface area contributed by atoms with E-state index in [-0.39, 0.29) is 30.6 Å². The third-order valence-electron chi connectivity index (χ3n) is 9.72. The van der Waals surface area contributed by atoms with Crippen LogP contribution in [0.1, 0.15) is 81.7 Å². The number of allylic oxidation sites excluding steroid dienone is 3. The number of hydrogen-bond acceptors (Lipinski definition) is 9. The Morgan fingerprint density at radius 2 is 1.96 bits per heavy atom. The SMILES string of the molecule is CCNc1ccccc1C(C)C=CC(=O)OCCN1CC(NC)Cc2c(cc(OC)c(OC)c2CC)C1CC(CC)=C(C)C=C1COCO1. The molecule has 2 aliphatic heterocycles. The van der Waals surface area contributed by atoms with Gasteiger partial charge in [-0.15, -0.1) is 0 Å². The number of carbonyl (C=O) groups is 1. The molecule has 0 aromatic heterocycles. The zero-order valence-electron chi connectivity index (χ0n) is 30.8. The van der Waals surface area contributed by atoms with Gasteiger partial charge in [0.2, 0.25) is 0 Å². The van der Waals surface area contributed by atoms with Crippen molar-refractivity contribution in [3.8, 4) is 11.5 Å². The van der Waals surface area contributed by atoms with E-state index in [0.29, 0.717) is 19.9 Å². The second-order valence-corrected chi connectivity index (χ2v) is 12.7. The molecule has 2 aliphatic rings. The summed E-state index contributed by atoms with van der Waals surface area (Å²) in [6.45, 7) is 14.0. The van der Waals surface area contributed by atoms with E-state index in [1.54, 1.807) is 20.3 Å². The number of para-hydroxylation sites is 1. The molecular formula is C40H57N3O6. The van der Waals surface area contributed by atoms with Crippen molar-refractivity contribution in [3.05, 3.63) is 87.7 Å². The number of fused-ring (bicyclic) bond motifs is 1. The monoisotopic (exact) mass is 675 g/mol. The van der Waals surface area contributed by atoms with Gasteiger partial charge in [0.25, 0.3) is 0 Å². The van der Waals surface area contributed by atoms with Crippen LogP contribution in [0.2, 0.25) is 0 Å². The lowest BCUT2D eigenvalue weighted by Gasteiger charge is -2.33. The van der Waals surface area contributed by atoms with E-state index in [1.807, 2.05) is 25.3 Å². The van der Waals surface area contributed by atoms with Crippen molar-refractivity contribution in [2.75, 3.05) is 66.2 Å². The normalized spacial score (nSPS) is 20.0. The molecule has 0 saturated carbocycles. The molecule has 4 rings (SSSR count). The number of nitrogens with one attached hydrogen (secondary N) is 2. The first kappa shape index (κ1) is 38.0. The quantitative estimate of drug-likeness (QED) is 0.143. The summed E-state index contributed by atoms with van der Waals surface area (Å²) in [6, 6.07) is 10.6. The van der Waals surface area contributed by atoms with E-state index in [9.17, 15) is 4.79 Å². The molecule has 3 unspecified atom stereocenters. The zero-order chi connectivity index (χ0) is 35.3. The van der Waals surface area contributed by atoms with Gasteiger partial charge in [0.15, 0.2) is 18.3 Å². The lowest BCUT2D eigenvalue weighted by Crippen LogP contribution is -2.42. The Hall–Kier alpha value is -3.79. The minimum atomic E-state index is -0.334. The van der Waals surface area contributed by atoms with Crippen LogP contribution in [0.3, 0.4) is 0 Å². The van der Waals surface area contributed by atoms with Crippen LogP contribution >= 0.6 is 0 Å². The molecule has 0 spiro atoms. The summed E-state index contributed by atoms with van der Waals surface area (Å²) in [5, 5.41) is 6.97.